The Labute approximate surface area is 132 Å². The summed E-state index contributed by atoms with van der Waals surface area (Å²) in [5.74, 6) is 1.86. The van der Waals surface area contributed by atoms with E-state index in [-0.39, 0.29) is 5.28 Å². The lowest BCUT2D eigenvalue weighted by Gasteiger charge is -2.12. The molecule has 114 valence electrons. The first kappa shape index (κ1) is 14.5. The van der Waals surface area contributed by atoms with Gasteiger partial charge in [-0.1, -0.05) is 0 Å². The number of halogens is 1. The molecular weight excluding hydrogens is 304 g/mol. The maximum absolute atomic E-state index is 6.01. The molecule has 0 bridgehead atoms. The van der Waals surface area contributed by atoms with Crippen LogP contribution < -0.4 is 14.8 Å². The normalized spacial score (nSPS) is 10.7. The van der Waals surface area contributed by atoms with Crippen LogP contribution in [0.15, 0.2) is 30.6 Å². The SMILES string of the molecule is COc1cc2nc(Cl)nc(NCc3cc[nH]c3)c2cc1OC. The van der Waals surface area contributed by atoms with Crippen LogP contribution in [0.25, 0.3) is 10.9 Å². The van der Waals surface area contributed by atoms with Crippen molar-refractivity contribution in [3.63, 3.8) is 0 Å². The van der Waals surface area contributed by atoms with Crippen LogP contribution in [0.5, 0.6) is 11.5 Å². The predicted molar refractivity (Wildman–Crippen MR) is 85.8 cm³/mol. The minimum Gasteiger partial charge on any atom is -0.493 e. The van der Waals surface area contributed by atoms with Gasteiger partial charge in [-0.2, -0.15) is 0 Å². The van der Waals surface area contributed by atoms with Gasteiger partial charge in [-0.25, -0.2) is 9.97 Å². The zero-order chi connectivity index (χ0) is 15.5. The number of aromatic amines is 1. The predicted octanol–water partition coefficient (Wildman–Crippen LogP) is 3.24. The summed E-state index contributed by atoms with van der Waals surface area (Å²) in [6.45, 7) is 0.625. The molecule has 2 aromatic heterocycles. The van der Waals surface area contributed by atoms with Gasteiger partial charge in [0, 0.05) is 30.4 Å². The number of rotatable bonds is 5. The summed E-state index contributed by atoms with van der Waals surface area (Å²) in [7, 11) is 3.17. The monoisotopic (exact) mass is 318 g/mol. The number of methoxy groups -OCH3 is 2. The van der Waals surface area contributed by atoms with Crippen molar-refractivity contribution in [3.05, 3.63) is 41.4 Å². The third-order valence-corrected chi connectivity index (χ3v) is 3.47. The summed E-state index contributed by atoms with van der Waals surface area (Å²) >= 11 is 6.01. The van der Waals surface area contributed by atoms with Crippen LogP contribution in [0.3, 0.4) is 0 Å². The number of aromatic nitrogens is 3. The van der Waals surface area contributed by atoms with E-state index in [0.717, 1.165) is 10.9 Å². The van der Waals surface area contributed by atoms with Gasteiger partial charge in [-0.15, -0.1) is 0 Å². The Bertz CT molecular complexity index is 790. The van der Waals surface area contributed by atoms with Crippen LogP contribution in [0.2, 0.25) is 5.28 Å². The quantitative estimate of drug-likeness (QED) is 0.707. The van der Waals surface area contributed by atoms with Gasteiger partial charge in [-0.05, 0) is 29.3 Å². The molecule has 0 aliphatic heterocycles. The minimum absolute atomic E-state index is 0.177. The van der Waals surface area contributed by atoms with E-state index in [0.29, 0.717) is 29.4 Å². The molecule has 0 saturated carbocycles. The average Bonchev–Trinajstić information content (AvgIpc) is 3.04. The number of hydrogen-bond donors (Lipinski definition) is 2. The van der Waals surface area contributed by atoms with Gasteiger partial charge in [0.15, 0.2) is 11.5 Å². The second-order valence-corrected chi connectivity index (χ2v) is 4.98. The Kier molecular flexibility index (Phi) is 4.02. The van der Waals surface area contributed by atoms with E-state index >= 15 is 0 Å². The van der Waals surface area contributed by atoms with Crippen LogP contribution in [0.4, 0.5) is 5.82 Å². The minimum atomic E-state index is 0.177. The Morgan fingerprint density at radius 3 is 2.64 bits per heavy atom. The van der Waals surface area contributed by atoms with E-state index in [2.05, 4.69) is 20.3 Å². The highest BCUT2D eigenvalue weighted by atomic mass is 35.5. The molecule has 0 fully saturated rings. The fourth-order valence-electron chi connectivity index (χ4n) is 2.22. The van der Waals surface area contributed by atoms with E-state index in [1.807, 2.05) is 24.5 Å². The molecule has 0 radical (unpaired) electrons. The molecule has 0 aliphatic rings. The second-order valence-electron chi connectivity index (χ2n) is 4.64. The van der Waals surface area contributed by atoms with Gasteiger partial charge in [0.05, 0.1) is 19.7 Å². The number of hydrogen-bond acceptors (Lipinski definition) is 5. The van der Waals surface area contributed by atoms with Crippen LogP contribution in [0.1, 0.15) is 5.56 Å². The molecule has 22 heavy (non-hydrogen) atoms. The van der Waals surface area contributed by atoms with Crippen molar-refractivity contribution in [3.8, 4) is 11.5 Å². The van der Waals surface area contributed by atoms with Gasteiger partial charge in [0.2, 0.25) is 5.28 Å². The number of nitrogens with one attached hydrogen (secondary N) is 2. The van der Waals surface area contributed by atoms with E-state index < -0.39 is 0 Å². The molecule has 2 N–H and O–H groups in total. The highest BCUT2D eigenvalue weighted by molar-refractivity contribution is 6.28. The zero-order valence-electron chi connectivity index (χ0n) is 12.2. The summed E-state index contributed by atoms with van der Waals surface area (Å²) in [4.78, 5) is 11.5. The van der Waals surface area contributed by atoms with Crippen LogP contribution >= 0.6 is 11.6 Å². The van der Waals surface area contributed by atoms with Crippen molar-refractivity contribution in [2.75, 3.05) is 19.5 Å². The van der Waals surface area contributed by atoms with Crippen LogP contribution in [0, 0.1) is 0 Å². The van der Waals surface area contributed by atoms with Crippen molar-refractivity contribution >= 4 is 28.3 Å². The number of fused-ring (bicyclic) bond motifs is 1. The van der Waals surface area contributed by atoms with Gasteiger partial charge < -0.3 is 19.8 Å². The Morgan fingerprint density at radius 1 is 1.18 bits per heavy atom. The maximum Gasteiger partial charge on any atom is 0.224 e. The second kappa shape index (κ2) is 6.11. The van der Waals surface area contributed by atoms with Gasteiger partial charge in [0.1, 0.15) is 5.82 Å². The van der Waals surface area contributed by atoms with Crippen molar-refractivity contribution in [2.45, 2.75) is 6.54 Å². The number of benzene rings is 1. The smallest absolute Gasteiger partial charge is 0.224 e. The van der Waals surface area contributed by atoms with Crippen molar-refractivity contribution < 1.29 is 9.47 Å². The molecule has 0 unspecified atom stereocenters. The Hall–Kier alpha value is -2.47. The lowest BCUT2D eigenvalue weighted by Crippen LogP contribution is -2.03. The first-order chi connectivity index (χ1) is 10.7. The first-order valence-electron chi connectivity index (χ1n) is 6.66. The summed E-state index contributed by atoms with van der Waals surface area (Å²) in [6.07, 6.45) is 3.79. The van der Waals surface area contributed by atoms with E-state index in [1.165, 1.54) is 0 Å². The molecular formula is C15H15ClN4O2. The zero-order valence-corrected chi connectivity index (χ0v) is 12.9. The Morgan fingerprint density at radius 2 is 1.95 bits per heavy atom. The molecule has 3 aromatic rings. The molecule has 0 aliphatic carbocycles. The Balaban J connectivity index is 2.04. The molecule has 0 spiro atoms. The summed E-state index contributed by atoms with van der Waals surface area (Å²) < 4.78 is 10.6. The van der Waals surface area contributed by atoms with Crippen molar-refractivity contribution in [1.29, 1.82) is 0 Å². The third-order valence-electron chi connectivity index (χ3n) is 3.30. The lowest BCUT2D eigenvalue weighted by molar-refractivity contribution is 0.356. The first-order valence-corrected chi connectivity index (χ1v) is 7.04. The molecule has 0 saturated heterocycles. The lowest BCUT2D eigenvalue weighted by atomic mass is 10.2. The summed E-state index contributed by atoms with van der Waals surface area (Å²) in [5, 5.41) is 4.26. The van der Waals surface area contributed by atoms with Crippen LogP contribution in [-0.4, -0.2) is 29.2 Å². The summed E-state index contributed by atoms with van der Waals surface area (Å²) in [6, 6.07) is 5.61. The highest BCUT2D eigenvalue weighted by Crippen LogP contribution is 2.34. The van der Waals surface area contributed by atoms with Gasteiger partial charge in [0.25, 0.3) is 0 Å². The van der Waals surface area contributed by atoms with E-state index in [4.69, 9.17) is 21.1 Å². The average molecular weight is 319 g/mol. The maximum atomic E-state index is 6.01. The molecule has 3 rings (SSSR count). The topological polar surface area (TPSA) is 72.1 Å². The molecule has 6 nitrogen and oxygen atoms in total. The number of H-pyrrole nitrogens is 1. The molecule has 2 heterocycles. The largest absolute Gasteiger partial charge is 0.493 e. The van der Waals surface area contributed by atoms with E-state index in [1.54, 1.807) is 20.3 Å². The van der Waals surface area contributed by atoms with Crippen LogP contribution in [-0.2, 0) is 6.54 Å². The fraction of sp³-hybridized carbons (Fsp3) is 0.200. The molecule has 1 aromatic carbocycles. The number of anilines is 1. The summed E-state index contributed by atoms with van der Waals surface area (Å²) in [5.41, 5.74) is 1.80. The van der Waals surface area contributed by atoms with Gasteiger partial charge in [-0.3, -0.25) is 0 Å². The molecule has 0 amide bonds. The highest BCUT2D eigenvalue weighted by Gasteiger charge is 2.12. The van der Waals surface area contributed by atoms with Crippen molar-refractivity contribution in [1.82, 2.24) is 15.0 Å². The molecule has 0 atom stereocenters. The van der Waals surface area contributed by atoms with Gasteiger partial charge >= 0.3 is 0 Å². The number of ether oxygens (including phenoxy) is 2. The van der Waals surface area contributed by atoms with E-state index in [9.17, 15) is 0 Å². The van der Waals surface area contributed by atoms with Crippen molar-refractivity contribution in [2.24, 2.45) is 0 Å². The molecule has 7 heteroatoms. The third kappa shape index (κ3) is 2.78. The fourth-order valence-corrected chi connectivity index (χ4v) is 2.39. The number of nitrogens with zero attached hydrogens (tertiary/aromatic N) is 2. The standard InChI is InChI=1S/C15H15ClN4O2/c1-21-12-5-10-11(6-13(12)22-2)19-15(16)20-14(10)18-8-9-3-4-17-7-9/h3-7,17H,8H2,1-2H3,(H,18,19,20).